The maximum absolute atomic E-state index is 7.45. The van der Waals surface area contributed by atoms with Crippen molar-refractivity contribution < 1.29 is 37.7 Å². The molecule has 0 N–H and O–H groups in total. The summed E-state index contributed by atoms with van der Waals surface area (Å²) in [7, 11) is 0. The van der Waals surface area contributed by atoms with Crippen molar-refractivity contribution in [3.05, 3.63) is 82.6 Å². The molecule has 0 saturated heterocycles. The van der Waals surface area contributed by atoms with Crippen molar-refractivity contribution in [1.29, 1.82) is 0 Å². The van der Waals surface area contributed by atoms with Crippen molar-refractivity contribution in [3.63, 3.8) is 0 Å². The minimum absolute atomic E-state index is 0. The first kappa shape index (κ1) is 18.8. The second-order valence-electron chi connectivity index (χ2n) is 5.23. The molecule has 0 aliphatic heterocycles. The molecule has 0 atom stereocenters. The van der Waals surface area contributed by atoms with Gasteiger partial charge in [0.05, 0.1) is 0 Å². The molecule has 2 aromatic rings. The van der Waals surface area contributed by atoms with Gasteiger partial charge < -0.3 is 12.8 Å². The van der Waals surface area contributed by atoms with Crippen LogP contribution >= 0.6 is 0 Å². The van der Waals surface area contributed by atoms with Gasteiger partial charge in [0.15, 0.2) is 0 Å². The van der Waals surface area contributed by atoms with Gasteiger partial charge >= 0.3 is 37.7 Å². The molecule has 0 radical (unpaired) electrons. The number of hydrogen-bond donors (Lipinski definition) is 0. The molecule has 0 spiro atoms. The molecule has 0 aromatic heterocycles. The second-order valence-corrected chi connectivity index (χ2v) is 5.23. The van der Waals surface area contributed by atoms with E-state index in [4.69, 9.17) is 12.8 Å². The molecular formula is C20H14Li2. The predicted octanol–water partition coefficient (Wildman–Crippen LogP) is -2.55. The van der Waals surface area contributed by atoms with Crippen molar-refractivity contribution in [2.45, 2.75) is 25.7 Å². The van der Waals surface area contributed by atoms with Crippen LogP contribution in [0.4, 0.5) is 0 Å². The predicted molar refractivity (Wildman–Crippen MR) is 80.2 cm³/mol. The van der Waals surface area contributed by atoms with Gasteiger partial charge in [-0.15, -0.1) is 34.4 Å². The Labute approximate surface area is 157 Å². The molecule has 0 fully saturated rings. The third kappa shape index (κ3) is 3.94. The summed E-state index contributed by atoms with van der Waals surface area (Å²) < 4.78 is 0. The monoisotopic (exact) mass is 268 g/mol. The van der Waals surface area contributed by atoms with Gasteiger partial charge in [0.2, 0.25) is 0 Å². The molecule has 22 heavy (non-hydrogen) atoms. The second kappa shape index (κ2) is 8.40. The molecule has 96 valence electrons. The zero-order valence-corrected chi connectivity index (χ0v) is 13.3. The fraction of sp³-hybridized carbons (Fsp3) is 0.200. The Morgan fingerprint density at radius 1 is 0.636 bits per heavy atom. The van der Waals surface area contributed by atoms with Crippen LogP contribution in [-0.4, -0.2) is 0 Å². The molecule has 4 aliphatic rings. The SMILES string of the molecule is [C-]#Cc1cc2ccc1CCc1ccc(c(C#[C-])c1)CC2.[Li+].[Li+]. The third-order valence-corrected chi connectivity index (χ3v) is 3.98. The van der Waals surface area contributed by atoms with Crippen LogP contribution in [0, 0.1) is 24.7 Å². The van der Waals surface area contributed by atoms with Crippen LogP contribution in [0.15, 0.2) is 36.4 Å². The summed E-state index contributed by atoms with van der Waals surface area (Å²) in [5.74, 6) is 5.12. The first-order valence-electron chi connectivity index (χ1n) is 6.89. The normalized spacial score (nSPS) is 11.9. The number of aryl methyl sites for hydroxylation is 4. The molecule has 0 nitrogen and oxygen atoms in total. The van der Waals surface area contributed by atoms with Gasteiger partial charge in [0.25, 0.3) is 0 Å². The van der Waals surface area contributed by atoms with Crippen LogP contribution in [0.3, 0.4) is 0 Å². The van der Waals surface area contributed by atoms with Gasteiger partial charge in [0.1, 0.15) is 0 Å². The molecule has 2 aromatic carbocycles. The standard InChI is InChI=1S/C20H14.2Li/c1-3-17-13-15-5-9-19(17)11-7-16-6-10-20(12-8-15)18(4-2)14-16;;/h5-6,9-10,13-14H,7-8,11-12H2;;/q-2;2*+1. The quantitative estimate of drug-likeness (QED) is 0.280. The van der Waals surface area contributed by atoms with Gasteiger partial charge in [-0.2, -0.15) is 0 Å². The number of hydrogen-bond acceptors (Lipinski definition) is 0. The van der Waals surface area contributed by atoms with Crippen molar-refractivity contribution in [1.82, 2.24) is 0 Å². The Bertz CT molecular complexity index is 680. The van der Waals surface area contributed by atoms with Crippen LogP contribution in [0.1, 0.15) is 33.4 Å². The molecule has 0 saturated carbocycles. The van der Waals surface area contributed by atoms with Crippen LogP contribution in [0.25, 0.3) is 0 Å². The summed E-state index contributed by atoms with van der Waals surface area (Å²) in [4.78, 5) is 0. The number of rotatable bonds is 0. The maximum atomic E-state index is 7.45. The van der Waals surface area contributed by atoms with Crippen LogP contribution < -0.4 is 37.7 Å². The minimum atomic E-state index is 0. The molecule has 4 bridgehead atoms. The molecule has 2 heteroatoms. The smallest absolute Gasteiger partial charge is 0.366 e. The van der Waals surface area contributed by atoms with Crippen LogP contribution in [0.5, 0.6) is 0 Å². The van der Waals surface area contributed by atoms with Gasteiger partial charge in [-0.1, -0.05) is 35.4 Å². The largest absolute Gasteiger partial charge is 1.00 e. The van der Waals surface area contributed by atoms with E-state index in [-0.39, 0.29) is 37.7 Å². The van der Waals surface area contributed by atoms with E-state index in [1.165, 1.54) is 22.3 Å². The van der Waals surface area contributed by atoms with Gasteiger partial charge in [-0.25, -0.2) is 0 Å². The summed E-state index contributed by atoms with van der Waals surface area (Å²) >= 11 is 0. The summed E-state index contributed by atoms with van der Waals surface area (Å²) in [6, 6.07) is 12.7. The number of benzene rings is 2. The zero-order valence-electron chi connectivity index (χ0n) is 13.3. The van der Waals surface area contributed by atoms with Gasteiger partial charge in [0, 0.05) is 0 Å². The average Bonchev–Trinajstić information content (AvgIpc) is 2.49. The molecule has 0 heterocycles. The van der Waals surface area contributed by atoms with Crippen molar-refractivity contribution in [3.8, 4) is 11.8 Å². The summed E-state index contributed by atoms with van der Waals surface area (Å²) in [6.45, 7) is 0. The Morgan fingerprint density at radius 2 is 1.05 bits per heavy atom. The van der Waals surface area contributed by atoms with E-state index >= 15 is 0 Å². The summed E-state index contributed by atoms with van der Waals surface area (Å²) in [5, 5.41) is 0. The average molecular weight is 268 g/mol. The van der Waals surface area contributed by atoms with E-state index in [2.05, 4.69) is 48.2 Å². The van der Waals surface area contributed by atoms with Crippen LogP contribution in [-0.2, 0) is 25.7 Å². The third-order valence-electron chi connectivity index (χ3n) is 3.98. The minimum Gasteiger partial charge on any atom is -0.366 e. The Hall–Kier alpha value is -1.25. The fourth-order valence-electron chi connectivity index (χ4n) is 2.78. The topological polar surface area (TPSA) is 0 Å². The molecular weight excluding hydrogens is 254 g/mol. The molecule has 6 rings (SSSR count). The first-order valence-corrected chi connectivity index (χ1v) is 6.89. The Morgan fingerprint density at radius 3 is 1.41 bits per heavy atom. The van der Waals surface area contributed by atoms with E-state index < -0.39 is 0 Å². The first-order chi connectivity index (χ1) is 9.80. The van der Waals surface area contributed by atoms with E-state index in [0.717, 1.165) is 36.8 Å². The van der Waals surface area contributed by atoms with E-state index in [0.29, 0.717) is 0 Å². The zero-order chi connectivity index (χ0) is 13.9. The van der Waals surface area contributed by atoms with Crippen molar-refractivity contribution in [2.75, 3.05) is 0 Å². The Balaban J connectivity index is 0.00000121. The van der Waals surface area contributed by atoms with Crippen LogP contribution in [0.2, 0.25) is 0 Å². The van der Waals surface area contributed by atoms with E-state index in [9.17, 15) is 0 Å². The molecule has 0 amide bonds. The summed E-state index contributed by atoms with van der Waals surface area (Å²) in [5.41, 5.74) is 6.63. The fourth-order valence-corrected chi connectivity index (χ4v) is 2.78. The molecule has 0 unspecified atom stereocenters. The summed E-state index contributed by atoms with van der Waals surface area (Å²) in [6.07, 6.45) is 18.5. The molecule has 4 aliphatic carbocycles. The van der Waals surface area contributed by atoms with E-state index in [1.807, 2.05) is 0 Å². The Kier molecular flexibility index (Phi) is 7.18. The van der Waals surface area contributed by atoms with Gasteiger partial charge in [-0.3, -0.25) is 11.8 Å². The van der Waals surface area contributed by atoms with E-state index in [1.54, 1.807) is 0 Å². The van der Waals surface area contributed by atoms with Crippen molar-refractivity contribution in [2.24, 2.45) is 0 Å². The maximum Gasteiger partial charge on any atom is 1.00 e. The van der Waals surface area contributed by atoms with Crippen molar-refractivity contribution >= 4 is 0 Å². The van der Waals surface area contributed by atoms with Gasteiger partial charge in [-0.05, 0) is 25.7 Å².